The molecule has 2 fully saturated rings. The van der Waals surface area contributed by atoms with Crippen LogP contribution < -0.4 is 21.6 Å². The van der Waals surface area contributed by atoms with Crippen molar-refractivity contribution in [3.05, 3.63) is 56.5 Å². The van der Waals surface area contributed by atoms with Gasteiger partial charge in [0.25, 0.3) is 11.8 Å². The number of phenols is 2. The summed E-state index contributed by atoms with van der Waals surface area (Å²) in [5.74, 6) is -7.16. The van der Waals surface area contributed by atoms with Gasteiger partial charge < -0.3 is 55.3 Å². The Morgan fingerprint density at radius 3 is 2.50 bits per heavy atom. The number of thioether (sulfide) groups is 1. The van der Waals surface area contributed by atoms with Crippen LogP contribution >= 0.6 is 23.1 Å². The van der Waals surface area contributed by atoms with Crippen LogP contribution in [0.5, 0.6) is 11.5 Å². The maximum absolute atomic E-state index is 13.7. The van der Waals surface area contributed by atoms with Crippen LogP contribution in [0, 0.1) is 0 Å². The Balaban J connectivity index is 1.25. The summed E-state index contributed by atoms with van der Waals surface area (Å²) < 4.78 is 2.00. The number of hydrogen-bond acceptors (Lipinski definition) is 15. The van der Waals surface area contributed by atoms with E-state index in [-0.39, 0.29) is 57.4 Å². The van der Waals surface area contributed by atoms with Crippen LogP contribution in [-0.4, -0.2) is 118 Å². The molecule has 5 heterocycles. The van der Waals surface area contributed by atoms with Gasteiger partial charge in [-0.3, -0.25) is 24.1 Å². The molecule has 1 aromatic carbocycles. The highest BCUT2D eigenvalue weighted by molar-refractivity contribution is 8.00. The summed E-state index contributed by atoms with van der Waals surface area (Å²) in [6, 6.07) is 1.46. The maximum Gasteiger partial charge on any atom is 0.348 e. The van der Waals surface area contributed by atoms with Gasteiger partial charge in [-0.05, 0) is 19.1 Å². The summed E-state index contributed by atoms with van der Waals surface area (Å²) in [5.41, 5.74) is 5.38. The maximum atomic E-state index is 13.7. The SMILES string of the molecule is CCn1cc(C[N+]2(CC3=C(C(=O)[O-])N4C(=O)[C@@H](NC(=O)/C(=N\O[C@@H](CC(=O)O)C(=O)O)c5csc(N)n5)[C@H]4SC3)CCCC2)c(=O)c2ccc(O)c(O)c21. The second kappa shape index (κ2) is 15.0. The average molecular weight is 786 g/mol. The molecule has 54 heavy (non-hydrogen) atoms. The lowest BCUT2D eigenvalue weighted by Gasteiger charge is -2.51. The third-order valence-electron chi connectivity index (χ3n) is 9.57. The molecule has 3 atom stereocenters. The molecule has 3 aromatic rings. The smallest absolute Gasteiger partial charge is 0.348 e. The van der Waals surface area contributed by atoms with Gasteiger partial charge in [-0.15, -0.1) is 23.1 Å². The van der Waals surface area contributed by atoms with Crippen molar-refractivity contribution in [2.75, 3.05) is 31.1 Å². The van der Waals surface area contributed by atoms with E-state index in [0.29, 0.717) is 35.3 Å². The first kappa shape index (κ1) is 38.1. The summed E-state index contributed by atoms with van der Waals surface area (Å²) >= 11 is 2.13. The predicted molar refractivity (Wildman–Crippen MR) is 190 cm³/mol. The lowest BCUT2D eigenvalue weighted by atomic mass is 10.0. The van der Waals surface area contributed by atoms with Crippen molar-refractivity contribution in [1.29, 1.82) is 0 Å². The zero-order valence-corrected chi connectivity index (χ0v) is 30.2. The minimum atomic E-state index is -1.96. The number of nitrogens with one attached hydrogen (secondary N) is 1. The molecular formula is C33H35N7O12S2. The third-order valence-corrected chi connectivity index (χ3v) is 11.6. The van der Waals surface area contributed by atoms with Crippen LogP contribution in [0.15, 0.2) is 44.9 Å². The van der Waals surface area contributed by atoms with E-state index in [4.69, 9.17) is 15.7 Å². The summed E-state index contributed by atoms with van der Waals surface area (Å²) in [7, 11) is 0. The highest BCUT2D eigenvalue weighted by atomic mass is 32.2. The number of β-lactam (4-membered cyclic amide) rings is 1. The van der Waals surface area contributed by atoms with Gasteiger partial charge in [0.15, 0.2) is 27.8 Å². The second-order valence-corrected chi connectivity index (χ2v) is 15.0. The molecule has 7 N–H and O–H groups in total. The number of amides is 2. The monoisotopic (exact) mass is 785 g/mol. The fraction of sp³-hybridized carbons (Fsp3) is 0.394. The third kappa shape index (κ3) is 7.16. The minimum Gasteiger partial charge on any atom is -0.543 e. The first-order chi connectivity index (χ1) is 25.6. The lowest BCUT2D eigenvalue weighted by molar-refractivity contribution is -0.925. The predicted octanol–water partition coefficient (Wildman–Crippen LogP) is -0.665. The molecule has 0 saturated carbocycles. The van der Waals surface area contributed by atoms with Crippen LogP contribution in [0.2, 0.25) is 0 Å². The van der Waals surface area contributed by atoms with E-state index in [1.54, 1.807) is 10.8 Å². The Hall–Kier alpha value is -5.67. The number of fused-ring (bicyclic) bond motifs is 2. The Bertz CT molecular complexity index is 2190. The molecule has 6 rings (SSSR count). The number of hydrogen-bond donors (Lipinski definition) is 6. The van der Waals surface area contributed by atoms with Gasteiger partial charge in [0.05, 0.1) is 47.6 Å². The normalized spacial score (nSPS) is 20.0. The molecule has 286 valence electrons. The number of nitrogen functional groups attached to an aromatic ring is 1. The number of nitrogens with zero attached hydrogens (tertiary/aromatic N) is 5. The quantitative estimate of drug-likeness (QED) is 0.0389. The number of likely N-dealkylation sites (tertiary alicyclic amines) is 1. The molecule has 3 aliphatic heterocycles. The topological polar surface area (TPSA) is 287 Å². The second-order valence-electron chi connectivity index (χ2n) is 13.1. The van der Waals surface area contributed by atoms with E-state index in [2.05, 4.69) is 15.5 Å². The number of anilines is 1. The van der Waals surface area contributed by atoms with Crippen LogP contribution in [0.4, 0.5) is 5.13 Å². The molecule has 0 unspecified atom stereocenters. The fourth-order valence-corrected chi connectivity index (χ4v) is 8.97. The number of aryl methyl sites for hydroxylation is 1. The van der Waals surface area contributed by atoms with E-state index >= 15 is 0 Å². The number of benzene rings is 1. The lowest BCUT2D eigenvalue weighted by Crippen LogP contribution is -2.71. The Labute approximate surface area is 313 Å². The Morgan fingerprint density at radius 2 is 1.89 bits per heavy atom. The number of aliphatic carboxylic acids is 3. The number of aromatic hydroxyl groups is 2. The number of aromatic nitrogens is 2. The van der Waals surface area contributed by atoms with E-state index in [1.807, 2.05) is 6.92 Å². The van der Waals surface area contributed by atoms with Crippen molar-refractivity contribution in [3.63, 3.8) is 0 Å². The largest absolute Gasteiger partial charge is 0.543 e. The first-order valence-corrected chi connectivity index (χ1v) is 18.6. The van der Waals surface area contributed by atoms with Crippen molar-refractivity contribution >= 4 is 74.6 Å². The Kier molecular flexibility index (Phi) is 10.6. The summed E-state index contributed by atoms with van der Waals surface area (Å²) in [6.07, 6.45) is 0.337. The number of carboxylic acids is 3. The van der Waals surface area contributed by atoms with Gasteiger partial charge >= 0.3 is 11.9 Å². The van der Waals surface area contributed by atoms with Crippen LogP contribution in [0.3, 0.4) is 0 Å². The number of carbonyl (C=O) groups excluding carboxylic acids is 3. The van der Waals surface area contributed by atoms with Gasteiger partial charge in [-0.25, -0.2) is 9.78 Å². The molecule has 21 heteroatoms. The summed E-state index contributed by atoms with van der Waals surface area (Å²) in [6.45, 7) is 3.89. The average Bonchev–Trinajstić information content (AvgIpc) is 3.77. The summed E-state index contributed by atoms with van der Waals surface area (Å²) in [5, 5.41) is 58.4. The zero-order chi connectivity index (χ0) is 39.1. The van der Waals surface area contributed by atoms with Crippen molar-refractivity contribution in [1.82, 2.24) is 19.8 Å². The van der Waals surface area contributed by atoms with E-state index < -0.39 is 65.1 Å². The number of rotatable bonds is 14. The van der Waals surface area contributed by atoms with E-state index in [1.165, 1.54) is 29.3 Å². The number of carboxylic acid groups (broad SMARTS) is 3. The number of phenolic OH excluding ortho intramolecular Hbond substituents is 2. The van der Waals surface area contributed by atoms with Crippen LogP contribution in [0.1, 0.15) is 37.4 Å². The molecule has 3 aliphatic rings. The molecule has 0 radical (unpaired) electrons. The summed E-state index contributed by atoms with van der Waals surface area (Å²) in [4.78, 5) is 85.9. The Morgan fingerprint density at radius 1 is 1.17 bits per heavy atom. The van der Waals surface area contributed by atoms with Crippen LogP contribution in [0.25, 0.3) is 10.9 Å². The van der Waals surface area contributed by atoms with Gasteiger partial charge in [0.1, 0.15) is 30.2 Å². The van der Waals surface area contributed by atoms with Crippen molar-refractivity contribution in [2.45, 2.75) is 56.8 Å². The number of nitrogens with two attached hydrogens (primary N) is 1. The van der Waals surface area contributed by atoms with Gasteiger partial charge in [0.2, 0.25) is 6.10 Å². The first-order valence-electron chi connectivity index (χ1n) is 16.7. The van der Waals surface area contributed by atoms with Gasteiger partial charge in [0, 0.05) is 42.3 Å². The molecule has 0 spiro atoms. The number of oxime groups is 1. The molecule has 2 amide bonds. The van der Waals surface area contributed by atoms with Crippen molar-refractivity contribution in [2.24, 2.45) is 5.16 Å². The number of pyridine rings is 1. The zero-order valence-electron chi connectivity index (χ0n) is 28.6. The van der Waals surface area contributed by atoms with E-state index in [9.17, 15) is 49.2 Å². The highest BCUT2D eigenvalue weighted by Gasteiger charge is 2.54. The molecule has 0 aliphatic carbocycles. The molecular weight excluding hydrogens is 751 g/mol. The molecule has 19 nitrogen and oxygen atoms in total. The van der Waals surface area contributed by atoms with E-state index in [0.717, 1.165) is 29.1 Å². The molecule has 2 aromatic heterocycles. The van der Waals surface area contributed by atoms with Gasteiger partial charge in [-0.1, -0.05) is 5.16 Å². The number of thiazole rings is 1. The fourth-order valence-electron chi connectivity index (χ4n) is 7.08. The molecule has 0 bridgehead atoms. The standard InChI is InChI=1S/C33H35N7O12S2/c1-2-38-10-15(26(44)17-5-6-19(41)27(45)25(17)38)11-40(7-3-4-8-40)12-16-13-53-30-23(29(47)39(30)24(16)32(50)51)36-28(46)22(18-14-54-33(34)35-18)37-52-20(31(48)49)9-21(42)43/h5-6,10,14,20,23,30H,2-4,7-9,11-13H2,1H3,(H7-,34,35,36,37,41,42,43,44,45,46,48,49,50,51)/t20-,23+,30+/m0/s1. The van der Waals surface area contributed by atoms with Crippen molar-refractivity contribution < 1.29 is 58.8 Å². The van der Waals surface area contributed by atoms with Crippen molar-refractivity contribution in [3.8, 4) is 11.5 Å². The minimum absolute atomic E-state index is 0.0190. The highest BCUT2D eigenvalue weighted by Crippen LogP contribution is 2.42. The molecule has 2 saturated heterocycles. The number of carbonyl (C=O) groups is 5. The van der Waals surface area contributed by atoms with Crippen LogP contribution in [-0.2, 0) is 41.9 Å². The number of quaternary nitrogens is 1. The van der Waals surface area contributed by atoms with Gasteiger partial charge in [-0.2, -0.15) is 0 Å².